The highest BCUT2D eigenvalue weighted by Gasteiger charge is 2.47. The normalized spacial score (nSPS) is 30.1. The van der Waals surface area contributed by atoms with Gasteiger partial charge in [0.1, 0.15) is 0 Å². The zero-order chi connectivity index (χ0) is 28.6. The Labute approximate surface area is 230 Å². The van der Waals surface area contributed by atoms with E-state index in [2.05, 4.69) is 10.6 Å². The van der Waals surface area contributed by atoms with Crippen molar-refractivity contribution in [3.05, 3.63) is 24.2 Å². The Morgan fingerprint density at radius 1 is 0.775 bits per heavy atom. The van der Waals surface area contributed by atoms with Gasteiger partial charge in [0.05, 0.1) is 30.3 Å². The average molecular weight is 557 g/mol. The molecule has 216 valence electrons. The lowest BCUT2D eigenvalue weighted by Crippen LogP contribution is -2.54. The van der Waals surface area contributed by atoms with Gasteiger partial charge in [-0.15, -0.1) is 0 Å². The molecule has 4 amide bonds. The third-order valence-corrected chi connectivity index (χ3v) is 8.49. The highest BCUT2D eigenvalue weighted by atomic mass is 16.4. The molecule has 4 fully saturated rings. The Morgan fingerprint density at radius 3 is 1.75 bits per heavy atom. The maximum absolute atomic E-state index is 13.8. The highest BCUT2D eigenvalue weighted by Crippen LogP contribution is 2.37. The van der Waals surface area contributed by atoms with Crippen LogP contribution in [0.2, 0.25) is 0 Å². The van der Waals surface area contributed by atoms with Gasteiger partial charge < -0.3 is 44.7 Å². The summed E-state index contributed by atoms with van der Waals surface area (Å²) < 4.78 is 5.07. The lowest BCUT2D eigenvalue weighted by Gasteiger charge is -2.37. The Hall–Kier alpha value is -3.90. The van der Waals surface area contributed by atoms with E-state index in [1.807, 2.05) is 0 Å². The molecule has 0 spiro atoms. The quantitative estimate of drug-likeness (QED) is 0.357. The van der Waals surface area contributed by atoms with Crippen LogP contribution in [0, 0.1) is 17.8 Å². The topological polar surface area (TPSA) is 192 Å². The summed E-state index contributed by atoms with van der Waals surface area (Å²) in [6.45, 7) is -0.0817. The molecule has 0 unspecified atom stereocenters. The molecule has 4 aliphatic rings. The molecule has 2 N–H and O–H groups in total. The molecule has 1 aromatic rings. The molecule has 5 rings (SSSR count). The molecule has 2 saturated heterocycles. The van der Waals surface area contributed by atoms with Crippen LogP contribution in [-0.2, 0) is 24.0 Å². The van der Waals surface area contributed by atoms with Gasteiger partial charge in [-0.05, 0) is 50.7 Å². The molecule has 0 radical (unpaired) electrons. The van der Waals surface area contributed by atoms with E-state index in [9.17, 15) is 39.0 Å². The number of hydrogen-bond donors (Lipinski definition) is 2. The van der Waals surface area contributed by atoms with Gasteiger partial charge in [-0.2, -0.15) is 0 Å². The molecule has 2 aliphatic carbocycles. The molecule has 2 saturated carbocycles. The van der Waals surface area contributed by atoms with Crippen LogP contribution < -0.4 is 20.8 Å². The van der Waals surface area contributed by atoms with Gasteiger partial charge in [-0.1, -0.05) is 12.8 Å². The SMILES string of the molecule is O=C(N[C@H]1C[C@@H](C(=O)[O-])N(C(=O)[C@@H]2CCCC[C@H]2C(=O)N2C[C@@H](NC(=O)C3CC3)C[C@H]2C(=O)[O-])C1)c1ccco1. The molecule has 13 nitrogen and oxygen atoms in total. The van der Waals surface area contributed by atoms with Crippen LogP contribution >= 0.6 is 0 Å². The van der Waals surface area contributed by atoms with Crippen LogP contribution in [0.25, 0.3) is 0 Å². The first-order chi connectivity index (χ1) is 19.1. The van der Waals surface area contributed by atoms with Crippen molar-refractivity contribution < 1.29 is 43.4 Å². The fraction of sp³-hybridized carbons (Fsp3) is 0.630. The standard InChI is InChI=1S/C27H34N4O9/c32-22(14-7-8-14)28-15-10-19(26(36)37)30(12-15)24(34)17-4-1-2-5-18(17)25(35)31-13-16(11-20(31)27(38)39)29-23(33)21-6-3-9-40-21/h3,6,9,14-20H,1-2,4-5,7-8,10-13H2,(H,28,32)(H,29,33)(H,36,37)(H,38,39)/p-2/t15-,16-,17+,18+,19-,20-/m0/s1. The summed E-state index contributed by atoms with van der Waals surface area (Å²) >= 11 is 0. The third kappa shape index (κ3) is 5.68. The van der Waals surface area contributed by atoms with E-state index < -0.39 is 65.7 Å². The number of rotatable bonds is 8. The molecule has 6 atom stereocenters. The molecular weight excluding hydrogens is 524 g/mol. The van der Waals surface area contributed by atoms with Crippen LogP contribution in [0.15, 0.2) is 22.8 Å². The molecule has 40 heavy (non-hydrogen) atoms. The number of carbonyl (C=O) groups excluding carboxylic acids is 6. The molecule has 3 heterocycles. The van der Waals surface area contributed by atoms with E-state index in [0.29, 0.717) is 25.7 Å². The van der Waals surface area contributed by atoms with Crippen molar-refractivity contribution in [3.8, 4) is 0 Å². The van der Waals surface area contributed by atoms with Crippen molar-refractivity contribution in [2.45, 2.75) is 75.5 Å². The lowest BCUT2D eigenvalue weighted by molar-refractivity contribution is -0.312. The van der Waals surface area contributed by atoms with E-state index in [0.717, 1.165) is 17.7 Å². The van der Waals surface area contributed by atoms with Crippen molar-refractivity contribution in [2.75, 3.05) is 13.1 Å². The number of carbonyl (C=O) groups is 6. The summed E-state index contributed by atoms with van der Waals surface area (Å²) in [6, 6.07) is -0.730. The second-order valence-electron chi connectivity index (χ2n) is 11.2. The minimum absolute atomic E-state index is 0.000376. The predicted octanol–water partition coefficient (Wildman–Crippen LogP) is -2.22. The summed E-state index contributed by atoms with van der Waals surface area (Å²) in [5.74, 6) is -6.37. The number of furan rings is 1. The van der Waals surface area contributed by atoms with Crippen LogP contribution in [0.5, 0.6) is 0 Å². The third-order valence-electron chi connectivity index (χ3n) is 8.49. The van der Waals surface area contributed by atoms with E-state index in [1.165, 1.54) is 23.3 Å². The maximum atomic E-state index is 13.8. The minimum Gasteiger partial charge on any atom is -0.548 e. The number of amides is 4. The van der Waals surface area contributed by atoms with Crippen molar-refractivity contribution in [1.82, 2.24) is 20.4 Å². The van der Waals surface area contributed by atoms with Crippen LogP contribution in [0.1, 0.15) is 61.9 Å². The number of nitrogens with zero attached hydrogens (tertiary/aromatic N) is 2. The summed E-state index contributed by atoms with van der Waals surface area (Å²) in [5.41, 5.74) is 0. The molecule has 1 aromatic heterocycles. The molecule has 0 bridgehead atoms. The molecule has 2 aliphatic heterocycles. The highest BCUT2D eigenvalue weighted by molar-refractivity contribution is 5.93. The summed E-state index contributed by atoms with van der Waals surface area (Å²) in [4.78, 5) is 78.4. The number of hydrogen-bond acceptors (Lipinski definition) is 9. The van der Waals surface area contributed by atoms with Gasteiger partial charge in [0.15, 0.2) is 5.76 Å². The predicted molar refractivity (Wildman–Crippen MR) is 130 cm³/mol. The second-order valence-corrected chi connectivity index (χ2v) is 11.2. The Morgan fingerprint density at radius 2 is 1.30 bits per heavy atom. The van der Waals surface area contributed by atoms with Crippen LogP contribution in [0.3, 0.4) is 0 Å². The average Bonchev–Trinajstić information content (AvgIpc) is 3.29. The monoisotopic (exact) mass is 556 g/mol. The molecule has 0 aromatic carbocycles. The number of carboxylic acids is 2. The smallest absolute Gasteiger partial charge is 0.287 e. The van der Waals surface area contributed by atoms with E-state index in [1.54, 1.807) is 0 Å². The van der Waals surface area contributed by atoms with Crippen molar-refractivity contribution in [1.29, 1.82) is 0 Å². The van der Waals surface area contributed by atoms with Gasteiger partial charge in [-0.3, -0.25) is 19.2 Å². The fourth-order valence-corrected chi connectivity index (χ4v) is 6.29. The second kappa shape index (κ2) is 11.3. The van der Waals surface area contributed by atoms with E-state index >= 15 is 0 Å². The summed E-state index contributed by atoms with van der Waals surface area (Å²) in [5, 5.41) is 29.4. The van der Waals surface area contributed by atoms with Crippen LogP contribution in [-0.4, -0.2) is 82.6 Å². The van der Waals surface area contributed by atoms with Gasteiger partial charge >= 0.3 is 0 Å². The zero-order valence-corrected chi connectivity index (χ0v) is 21.9. The van der Waals surface area contributed by atoms with Crippen molar-refractivity contribution >= 4 is 35.6 Å². The minimum atomic E-state index is -1.47. The fourth-order valence-electron chi connectivity index (χ4n) is 6.29. The van der Waals surface area contributed by atoms with E-state index in [4.69, 9.17) is 4.42 Å². The Bertz CT molecular complexity index is 1180. The van der Waals surface area contributed by atoms with Gasteiger partial charge in [0.25, 0.3) is 5.91 Å². The maximum Gasteiger partial charge on any atom is 0.287 e. The van der Waals surface area contributed by atoms with Crippen molar-refractivity contribution in [3.63, 3.8) is 0 Å². The number of aliphatic carboxylic acids is 2. The zero-order valence-electron chi connectivity index (χ0n) is 21.9. The largest absolute Gasteiger partial charge is 0.548 e. The van der Waals surface area contributed by atoms with E-state index in [-0.39, 0.29) is 43.5 Å². The lowest BCUT2D eigenvalue weighted by atomic mass is 9.77. The first-order valence-electron chi connectivity index (χ1n) is 13.8. The molecule has 13 heteroatoms. The number of nitrogens with one attached hydrogen (secondary N) is 2. The van der Waals surface area contributed by atoms with Crippen molar-refractivity contribution in [2.24, 2.45) is 17.8 Å². The van der Waals surface area contributed by atoms with Gasteiger partial charge in [0.2, 0.25) is 17.7 Å². The number of carboxylic acid groups (broad SMARTS) is 2. The van der Waals surface area contributed by atoms with Gasteiger partial charge in [-0.25, -0.2) is 0 Å². The number of likely N-dealkylation sites (tertiary alicyclic amines) is 2. The summed E-state index contributed by atoms with van der Waals surface area (Å²) in [6.07, 6.45) is 4.83. The first kappa shape index (κ1) is 27.7. The molecular formula is C27H32N4O9-2. The Kier molecular flexibility index (Phi) is 7.81. The Balaban J connectivity index is 1.29. The first-order valence-corrected chi connectivity index (χ1v) is 13.8. The van der Waals surface area contributed by atoms with Crippen LogP contribution in [0.4, 0.5) is 0 Å². The van der Waals surface area contributed by atoms with Gasteiger partial charge in [0, 0.05) is 42.9 Å². The summed E-state index contributed by atoms with van der Waals surface area (Å²) in [7, 11) is 0.